The molecule has 0 aromatic carbocycles. The van der Waals surface area contributed by atoms with Gasteiger partial charge >= 0.3 is 6.18 Å². The molecule has 0 saturated carbocycles. The Morgan fingerprint density at radius 3 is 2.67 bits per heavy atom. The summed E-state index contributed by atoms with van der Waals surface area (Å²) in [6, 6.07) is 2.34. The molecule has 0 atom stereocenters. The molecule has 1 aliphatic rings. The molecule has 0 unspecified atom stereocenters. The molecule has 18 heavy (non-hydrogen) atoms. The molecular formula is C11H9F3N4. The van der Waals surface area contributed by atoms with Gasteiger partial charge in [0.2, 0.25) is 0 Å². The lowest BCUT2D eigenvalue weighted by Gasteiger charge is -2.08. The van der Waals surface area contributed by atoms with E-state index in [1.165, 1.54) is 6.07 Å². The van der Waals surface area contributed by atoms with Crippen LogP contribution in [0.4, 0.5) is 13.2 Å². The number of nitrogens with zero attached hydrogens (tertiary/aromatic N) is 3. The molecule has 2 aromatic heterocycles. The van der Waals surface area contributed by atoms with Crippen molar-refractivity contribution in [2.75, 3.05) is 0 Å². The van der Waals surface area contributed by atoms with Gasteiger partial charge in [0.05, 0.1) is 17.5 Å². The van der Waals surface area contributed by atoms with Gasteiger partial charge in [-0.05, 0) is 12.1 Å². The zero-order chi connectivity index (χ0) is 12.8. The third-order valence-electron chi connectivity index (χ3n) is 2.86. The third kappa shape index (κ3) is 1.76. The van der Waals surface area contributed by atoms with Crippen LogP contribution in [0.2, 0.25) is 0 Å². The minimum Gasteiger partial charge on any atom is -0.307 e. The van der Waals surface area contributed by atoms with E-state index >= 15 is 0 Å². The first-order chi connectivity index (χ1) is 8.55. The van der Waals surface area contributed by atoms with E-state index in [1.54, 1.807) is 10.9 Å². The van der Waals surface area contributed by atoms with E-state index < -0.39 is 11.7 Å². The van der Waals surface area contributed by atoms with Crippen LogP contribution in [0.5, 0.6) is 0 Å². The van der Waals surface area contributed by atoms with E-state index in [4.69, 9.17) is 0 Å². The quantitative estimate of drug-likeness (QED) is 0.845. The zero-order valence-corrected chi connectivity index (χ0v) is 9.20. The van der Waals surface area contributed by atoms with Crippen LogP contribution in [-0.2, 0) is 19.3 Å². The molecule has 7 heteroatoms. The van der Waals surface area contributed by atoms with Crippen molar-refractivity contribution in [1.29, 1.82) is 0 Å². The van der Waals surface area contributed by atoms with E-state index in [2.05, 4.69) is 15.4 Å². The van der Waals surface area contributed by atoms with E-state index in [1.807, 2.05) is 0 Å². The molecule has 2 aromatic rings. The highest BCUT2D eigenvalue weighted by molar-refractivity contribution is 5.32. The molecule has 94 valence electrons. The molecule has 0 amide bonds. The predicted molar refractivity (Wildman–Crippen MR) is 56.9 cm³/mol. The molecule has 0 fully saturated rings. The lowest BCUT2D eigenvalue weighted by atomic mass is 10.2. The Kier molecular flexibility index (Phi) is 2.37. The molecule has 3 heterocycles. The Morgan fingerprint density at radius 2 is 2.00 bits per heavy atom. The number of hydrogen-bond acceptors (Lipinski definition) is 3. The van der Waals surface area contributed by atoms with Gasteiger partial charge in [0, 0.05) is 24.8 Å². The highest BCUT2D eigenvalue weighted by Crippen LogP contribution is 2.29. The fourth-order valence-electron chi connectivity index (χ4n) is 1.94. The highest BCUT2D eigenvalue weighted by atomic mass is 19.4. The average Bonchev–Trinajstić information content (AvgIpc) is 2.89. The molecule has 1 aliphatic heterocycles. The van der Waals surface area contributed by atoms with Gasteiger partial charge < -0.3 is 5.32 Å². The van der Waals surface area contributed by atoms with Gasteiger partial charge in [-0.3, -0.25) is 0 Å². The van der Waals surface area contributed by atoms with Crippen LogP contribution in [-0.4, -0.2) is 14.8 Å². The lowest BCUT2D eigenvalue weighted by Crippen LogP contribution is -2.10. The first-order valence-electron chi connectivity index (χ1n) is 5.36. The minimum atomic E-state index is -4.36. The van der Waals surface area contributed by atoms with Gasteiger partial charge in [0.1, 0.15) is 0 Å². The Labute approximate surface area is 100 Å². The number of rotatable bonds is 1. The monoisotopic (exact) mass is 254 g/mol. The Balaban J connectivity index is 1.98. The van der Waals surface area contributed by atoms with Crippen LogP contribution >= 0.6 is 0 Å². The van der Waals surface area contributed by atoms with Crippen LogP contribution < -0.4 is 5.32 Å². The van der Waals surface area contributed by atoms with Gasteiger partial charge in [0.15, 0.2) is 5.82 Å². The van der Waals surface area contributed by atoms with E-state index in [0.717, 1.165) is 30.1 Å². The number of halogens is 3. The molecule has 1 N–H and O–H groups in total. The molecule has 3 rings (SSSR count). The van der Waals surface area contributed by atoms with E-state index in [0.29, 0.717) is 12.4 Å². The maximum Gasteiger partial charge on any atom is 0.417 e. The summed E-state index contributed by atoms with van der Waals surface area (Å²) in [5, 5.41) is 7.28. The van der Waals surface area contributed by atoms with E-state index in [-0.39, 0.29) is 0 Å². The first kappa shape index (κ1) is 11.2. The lowest BCUT2D eigenvalue weighted by molar-refractivity contribution is -0.137. The summed E-state index contributed by atoms with van der Waals surface area (Å²) in [7, 11) is 0. The molecule has 4 nitrogen and oxygen atoms in total. The normalized spacial score (nSPS) is 14.8. The zero-order valence-electron chi connectivity index (χ0n) is 9.20. The van der Waals surface area contributed by atoms with Crippen LogP contribution in [0.1, 0.15) is 16.8 Å². The number of fused-ring (bicyclic) bond motifs is 1. The van der Waals surface area contributed by atoms with Crippen molar-refractivity contribution in [3.63, 3.8) is 0 Å². The number of hydrogen-bond donors (Lipinski definition) is 1. The van der Waals surface area contributed by atoms with Gasteiger partial charge in [-0.25, -0.2) is 9.67 Å². The summed E-state index contributed by atoms with van der Waals surface area (Å²) >= 11 is 0. The van der Waals surface area contributed by atoms with Gasteiger partial charge in [-0.1, -0.05) is 0 Å². The van der Waals surface area contributed by atoms with Crippen molar-refractivity contribution >= 4 is 0 Å². The second-order valence-electron chi connectivity index (χ2n) is 4.03. The van der Waals surface area contributed by atoms with Gasteiger partial charge in [0.25, 0.3) is 0 Å². The fraction of sp³-hybridized carbons (Fsp3) is 0.273. The fourth-order valence-corrected chi connectivity index (χ4v) is 1.94. The largest absolute Gasteiger partial charge is 0.417 e. The van der Waals surface area contributed by atoms with Crippen molar-refractivity contribution in [2.45, 2.75) is 19.3 Å². The minimum absolute atomic E-state index is 0.396. The van der Waals surface area contributed by atoms with Crippen LogP contribution in [0, 0.1) is 0 Å². The topological polar surface area (TPSA) is 42.7 Å². The number of aromatic nitrogens is 3. The molecule has 0 saturated heterocycles. The number of nitrogens with one attached hydrogen (secondary N) is 1. The van der Waals surface area contributed by atoms with Crippen LogP contribution in [0.3, 0.4) is 0 Å². The van der Waals surface area contributed by atoms with Crippen molar-refractivity contribution < 1.29 is 13.2 Å². The first-order valence-corrected chi connectivity index (χ1v) is 5.36. The second kappa shape index (κ2) is 3.81. The summed E-state index contributed by atoms with van der Waals surface area (Å²) < 4.78 is 38.8. The summed E-state index contributed by atoms with van der Waals surface area (Å²) in [5.74, 6) is 0.396. The smallest absolute Gasteiger partial charge is 0.307 e. The van der Waals surface area contributed by atoms with Crippen molar-refractivity contribution in [1.82, 2.24) is 20.1 Å². The Bertz CT molecular complexity index is 571. The third-order valence-corrected chi connectivity index (χ3v) is 2.86. The summed E-state index contributed by atoms with van der Waals surface area (Å²) in [4.78, 5) is 3.82. The average molecular weight is 254 g/mol. The maximum absolute atomic E-state index is 12.4. The SMILES string of the molecule is FC(F)(F)c1ccc(-n2ncc3c2CNC3)nc1. The summed E-state index contributed by atoms with van der Waals surface area (Å²) in [6.07, 6.45) is -1.83. The number of alkyl halides is 3. The summed E-state index contributed by atoms with van der Waals surface area (Å²) in [5.41, 5.74) is 1.24. The van der Waals surface area contributed by atoms with Crippen LogP contribution in [0.25, 0.3) is 5.82 Å². The number of pyridine rings is 1. The molecule has 0 radical (unpaired) electrons. The summed E-state index contributed by atoms with van der Waals surface area (Å²) in [6.45, 7) is 1.38. The van der Waals surface area contributed by atoms with Gasteiger partial charge in [-0.2, -0.15) is 18.3 Å². The van der Waals surface area contributed by atoms with Crippen LogP contribution in [0.15, 0.2) is 24.5 Å². The molecule has 0 bridgehead atoms. The second-order valence-corrected chi connectivity index (χ2v) is 4.03. The van der Waals surface area contributed by atoms with Crippen molar-refractivity contribution in [3.8, 4) is 5.82 Å². The predicted octanol–water partition coefficient (Wildman–Crippen LogP) is 1.89. The van der Waals surface area contributed by atoms with Gasteiger partial charge in [-0.15, -0.1) is 0 Å². The Morgan fingerprint density at radius 1 is 1.17 bits per heavy atom. The molecular weight excluding hydrogens is 245 g/mol. The van der Waals surface area contributed by atoms with E-state index in [9.17, 15) is 13.2 Å². The highest BCUT2D eigenvalue weighted by Gasteiger charge is 2.30. The standard InChI is InChI=1S/C11H9F3N4/c12-11(13,14)8-1-2-10(16-5-8)18-9-6-15-3-7(9)4-17-18/h1-2,4-5,15H,3,6H2. The van der Waals surface area contributed by atoms with Crippen molar-refractivity contribution in [3.05, 3.63) is 41.3 Å². The van der Waals surface area contributed by atoms with Crippen molar-refractivity contribution in [2.24, 2.45) is 0 Å². The molecule has 0 aliphatic carbocycles. The molecule has 0 spiro atoms. The Hall–Kier alpha value is -1.89. The maximum atomic E-state index is 12.4.